The van der Waals surface area contributed by atoms with Crippen molar-refractivity contribution in [3.63, 3.8) is 0 Å². The van der Waals surface area contributed by atoms with E-state index in [-0.39, 0.29) is 41.2 Å². The largest absolute Gasteiger partial charge is 0.350 e. The average Bonchev–Trinajstić information content (AvgIpc) is 3.35. The Morgan fingerprint density at radius 3 is 2.71 bits per heavy atom. The molecule has 0 aromatic carbocycles. The van der Waals surface area contributed by atoms with Gasteiger partial charge in [-0.15, -0.1) is 0 Å². The van der Waals surface area contributed by atoms with E-state index in [1.807, 2.05) is 18.2 Å². The van der Waals surface area contributed by atoms with E-state index in [4.69, 9.17) is 0 Å². The first kappa shape index (κ1) is 20.8. The van der Waals surface area contributed by atoms with E-state index in [0.29, 0.717) is 32.6 Å². The summed E-state index contributed by atoms with van der Waals surface area (Å²) in [7, 11) is 5.17. The summed E-state index contributed by atoms with van der Waals surface area (Å²) in [6, 6.07) is 5.48. The van der Waals surface area contributed by atoms with Gasteiger partial charge in [0.1, 0.15) is 5.69 Å². The number of hydrogen-bond acceptors (Lipinski definition) is 5. The minimum absolute atomic E-state index is 0.0591. The van der Waals surface area contributed by atoms with Crippen LogP contribution in [0.25, 0.3) is 0 Å². The van der Waals surface area contributed by atoms with Crippen molar-refractivity contribution in [3.8, 4) is 0 Å². The summed E-state index contributed by atoms with van der Waals surface area (Å²) in [6.07, 6.45) is 3.85. The minimum atomic E-state index is -0.385. The minimum Gasteiger partial charge on any atom is -0.350 e. The number of hydrogen-bond donors (Lipinski definition) is 1. The average molecular weight is 425 g/mol. The molecule has 31 heavy (non-hydrogen) atoms. The molecular weight excluding hydrogens is 398 g/mol. The molecule has 2 aromatic rings. The standard InChI is InChI=1S/C21H27N7O3/c1-25(2)21(31)27-11-14-10-26(3)20(30)18-17(24-13-28(18)16(14)12-27)19(29)23-9-7-15-6-4-5-8-22-15/h4-6,8,13-14,16H,7,9-12H2,1-3H3,(H,23,29)/t14-,16+/m1/s1. The second kappa shape index (κ2) is 8.37. The van der Waals surface area contributed by atoms with Crippen LogP contribution in [0.2, 0.25) is 0 Å². The smallest absolute Gasteiger partial charge is 0.319 e. The van der Waals surface area contributed by atoms with Gasteiger partial charge in [0.2, 0.25) is 0 Å². The normalized spacial score (nSPS) is 20.2. The molecule has 0 aliphatic carbocycles. The van der Waals surface area contributed by atoms with Crippen molar-refractivity contribution in [2.75, 3.05) is 47.3 Å². The zero-order valence-electron chi connectivity index (χ0n) is 18.0. The molecule has 2 aliphatic heterocycles. The lowest BCUT2D eigenvalue weighted by Crippen LogP contribution is -2.39. The third-order valence-electron chi connectivity index (χ3n) is 5.88. The van der Waals surface area contributed by atoms with Gasteiger partial charge in [0.15, 0.2) is 5.69 Å². The first-order chi connectivity index (χ1) is 14.9. The molecule has 164 valence electrons. The quantitative estimate of drug-likeness (QED) is 0.768. The van der Waals surface area contributed by atoms with Gasteiger partial charge in [-0.25, -0.2) is 9.78 Å². The van der Waals surface area contributed by atoms with Crippen LogP contribution in [-0.4, -0.2) is 94.4 Å². The Balaban J connectivity index is 1.54. The van der Waals surface area contributed by atoms with E-state index in [9.17, 15) is 14.4 Å². The van der Waals surface area contributed by atoms with Gasteiger partial charge in [0.05, 0.1) is 12.4 Å². The van der Waals surface area contributed by atoms with Gasteiger partial charge < -0.3 is 24.6 Å². The number of likely N-dealkylation sites (tertiary alicyclic amines) is 1. The van der Waals surface area contributed by atoms with E-state index in [0.717, 1.165) is 5.69 Å². The van der Waals surface area contributed by atoms with Crippen molar-refractivity contribution in [1.82, 2.24) is 34.6 Å². The molecule has 10 heteroatoms. The van der Waals surface area contributed by atoms with Crippen LogP contribution in [-0.2, 0) is 6.42 Å². The summed E-state index contributed by atoms with van der Waals surface area (Å²) >= 11 is 0. The summed E-state index contributed by atoms with van der Waals surface area (Å²) in [5, 5.41) is 2.84. The van der Waals surface area contributed by atoms with E-state index < -0.39 is 0 Å². The van der Waals surface area contributed by atoms with Crippen molar-refractivity contribution >= 4 is 17.8 Å². The number of imidazole rings is 1. The topological polar surface area (TPSA) is 104 Å². The second-order valence-corrected chi connectivity index (χ2v) is 8.27. The number of nitrogens with one attached hydrogen (secondary N) is 1. The number of pyridine rings is 1. The molecule has 2 aromatic heterocycles. The Kier molecular flexibility index (Phi) is 5.62. The lowest BCUT2D eigenvalue weighted by molar-refractivity contribution is 0.0772. The Morgan fingerprint density at radius 1 is 1.19 bits per heavy atom. The van der Waals surface area contributed by atoms with Crippen molar-refractivity contribution in [2.24, 2.45) is 5.92 Å². The monoisotopic (exact) mass is 425 g/mol. The lowest BCUT2D eigenvalue weighted by atomic mass is 10.0. The number of nitrogens with zero attached hydrogens (tertiary/aromatic N) is 6. The fourth-order valence-electron chi connectivity index (χ4n) is 4.33. The molecule has 0 unspecified atom stereocenters. The van der Waals surface area contributed by atoms with Crippen molar-refractivity contribution in [2.45, 2.75) is 12.5 Å². The van der Waals surface area contributed by atoms with Gasteiger partial charge in [-0.3, -0.25) is 14.6 Å². The van der Waals surface area contributed by atoms with Crippen LogP contribution in [0.5, 0.6) is 0 Å². The highest BCUT2D eigenvalue weighted by Gasteiger charge is 2.43. The van der Waals surface area contributed by atoms with Crippen LogP contribution in [0.4, 0.5) is 4.79 Å². The molecule has 0 spiro atoms. The predicted octanol–water partition coefficient (Wildman–Crippen LogP) is 0.491. The maximum absolute atomic E-state index is 13.1. The zero-order chi connectivity index (χ0) is 22.1. The molecular formula is C21H27N7O3. The van der Waals surface area contributed by atoms with E-state index in [2.05, 4.69) is 15.3 Å². The molecule has 2 aliphatic rings. The number of carbonyl (C=O) groups is 3. The van der Waals surface area contributed by atoms with Gasteiger partial charge in [-0.05, 0) is 12.1 Å². The maximum Gasteiger partial charge on any atom is 0.319 e. The predicted molar refractivity (Wildman–Crippen MR) is 113 cm³/mol. The van der Waals surface area contributed by atoms with Crippen LogP contribution < -0.4 is 5.32 Å². The number of fused-ring (bicyclic) bond motifs is 3. The molecule has 1 saturated heterocycles. The molecule has 0 radical (unpaired) electrons. The summed E-state index contributed by atoms with van der Waals surface area (Å²) in [5.74, 6) is -0.537. The van der Waals surface area contributed by atoms with Crippen molar-refractivity contribution < 1.29 is 14.4 Å². The SMILES string of the molecule is CN(C)C(=O)N1C[C@H]2CN(C)C(=O)c3c(C(=O)NCCc4ccccn4)ncn3[C@H]2C1. The van der Waals surface area contributed by atoms with E-state index in [1.54, 1.807) is 52.9 Å². The first-order valence-corrected chi connectivity index (χ1v) is 10.3. The Labute approximate surface area is 180 Å². The number of carbonyl (C=O) groups excluding carboxylic acids is 3. The number of urea groups is 1. The molecule has 4 amide bonds. The molecule has 0 bridgehead atoms. The van der Waals surface area contributed by atoms with Crippen LogP contribution in [0.15, 0.2) is 30.7 Å². The third kappa shape index (κ3) is 3.97. The van der Waals surface area contributed by atoms with E-state index in [1.165, 1.54) is 0 Å². The third-order valence-corrected chi connectivity index (χ3v) is 5.88. The van der Waals surface area contributed by atoms with Gasteiger partial charge in [0.25, 0.3) is 11.8 Å². The van der Waals surface area contributed by atoms with Crippen molar-refractivity contribution in [1.29, 1.82) is 0 Å². The maximum atomic E-state index is 13.1. The highest BCUT2D eigenvalue weighted by atomic mass is 16.2. The summed E-state index contributed by atoms with van der Waals surface area (Å²) in [4.78, 5) is 51.8. The fourth-order valence-corrected chi connectivity index (χ4v) is 4.33. The van der Waals surface area contributed by atoms with Gasteiger partial charge in [-0.2, -0.15) is 0 Å². The van der Waals surface area contributed by atoms with Crippen LogP contribution in [0, 0.1) is 5.92 Å². The molecule has 10 nitrogen and oxygen atoms in total. The van der Waals surface area contributed by atoms with Crippen LogP contribution >= 0.6 is 0 Å². The molecule has 2 atom stereocenters. The van der Waals surface area contributed by atoms with E-state index >= 15 is 0 Å². The van der Waals surface area contributed by atoms with Crippen molar-refractivity contribution in [3.05, 3.63) is 47.8 Å². The second-order valence-electron chi connectivity index (χ2n) is 8.27. The number of aromatic nitrogens is 3. The van der Waals surface area contributed by atoms with Gasteiger partial charge in [0, 0.05) is 71.6 Å². The highest BCUT2D eigenvalue weighted by molar-refractivity contribution is 6.05. The molecule has 1 fully saturated rings. The highest BCUT2D eigenvalue weighted by Crippen LogP contribution is 2.34. The fraction of sp³-hybridized carbons (Fsp3) is 0.476. The lowest BCUT2D eigenvalue weighted by Gasteiger charge is -2.22. The molecule has 1 N–H and O–H groups in total. The number of rotatable bonds is 4. The Hall–Kier alpha value is -3.43. The zero-order valence-corrected chi connectivity index (χ0v) is 18.0. The molecule has 4 rings (SSSR count). The molecule has 4 heterocycles. The summed E-state index contributed by atoms with van der Waals surface area (Å²) in [6.45, 7) is 1.95. The Bertz CT molecular complexity index is 988. The van der Waals surface area contributed by atoms with Gasteiger partial charge >= 0.3 is 6.03 Å². The Morgan fingerprint density at radius 2 is 2.00 bits per heavy atom. The van der Waals surface area contributed by atoms with Crippen LogP contribution in [0.1, 0.15) is 32.7 Å². The first-order valence-electron chi connectivity index (χ1n) is 10.3. The molecule has 0 saturated carbocycles. The van der Waals surface area contributed by atoms with Crippen LogP contribution in [0.3, 0.4) is 0 Å². The van der Waals surface area contributed by atoms with Gasteiger partial charge in [-0.1, -0.05) is 6.07 Å². The number of amides is 4. The summed E-state index contributed by atoms with van der Waals surface area (Å²) in [5.41, 5.74) is 1.28. The summed E-state index contributed by atoms with van der Waals surface area (Å²) < 4.78 is 1.78.